The van der Waals surface area contributed by atoms with Gasteiger partial charge in [-0.25, -0.2) is 0 Å². The van der Waals surface area contributed by atoms with Crippen LogP contribution < -0.4 is 5.73 Å². The Morgan fingerprint density at radius 2 is 2.30 bits per heavy atom. The van der Waals surface area contributed by atoms with Gasteiger partial charge in [0.25, 0.3) is 0 Å². The van der Waals surface area contributed by atoms with E-state index in [1.54, 1.807) is 23.1 Å². The minimum Gasteiger partial charge on any atom is -0.344 e. The van der Waals surface area contributed by atoms with Crippen molar-refractivity contribution in [2.24, 2.45) is 11.7 Å². The number of aryl methyl sites for hydroxylation is 1. The van der Waals surface area contributed by atoms with E-state index in [4.69, 9.17) is 5.73 Å². The molecule has 1 aliphatic heterocycles. The maximum atomic E-state index is 12.6. The van der Waals surface area contributed by atoms with Crippen LogP contribution in [0.3, 0.4) is 0 Å². The largest absolute Gasteiger partial charge is 0.344 e. The molecule has 0 radical (unpaired) electrons. The Bertz CT molecular complexity index is 458. The number of amides is 1. The average Bonchev–Trinajstić information content (AvgIpc) is 2.91. The molecule has 2 atom stereocenters. The van der Waals surface area contributed by atoms with Crippen molar-refractivity contribution in [1.82, 2.24) is 4.90 Å². The van der Waals surface area contributed by atoms with Gasteiger partial charge in [-0.1, -0.05) is 13.8 Å². The normalized spacial score (nSPS) is 19.8. The highest BCUT2D eigenvalue weighted by Gasteiger charge is 2.30. The van der Waals surface area contributed by atoms with Crippen molar-refractivity contribution in [2.75, 3.05) is 19.3 Å². The zero-order valence-corrected chi connectivity index (χ0v) is 14.1. The molecule has 2 N–H and O–H groups in total. The predicted molar refractivity (Wildman–Crippen MR) is 88.3 cm³/mol. The number of carbonyl (C=O) groups is 1. The summed E-state index contributed by atoms with van der Waals surface area (Å²) in [5.74, 6) is 1.74. The highest BCUT2D eigenvalue weighted by atomic mass is 32.2. The first-order valence-corrected chi connectivity index (χ1v) is 9.12. The van der Waals surface area contributed by atoms with Crippen molar-refractivity contribution in [1.29, 1.82) is 0 Å². The molecule has 20 heavy (non-hydrogen) atoms. The van der Waals surface area contributed by atoms with E-state index in [-0.39, 0.29) is 17.2 Å². The Kier molecular flexibility index (Phi) is 5.52. The molecule has 2 rings (SSSR count). The van der Waals surface area contributed by atoms with Gasteiger partial charge in [0.2, 0.25) is 5.91 Å². The first-order chi connectivity index (χ1) is 9.50. The van der Waals surface area contributed by atoms with Gasteiger partial charge in [0.05, 0.1) is 0 Å². The van der Waals surface area contributed by atoms with Gasteiger partial charge < -0.3 is 10.6 Å². The van der Waals surface area contributed by atoms with Crippen molar-refractivity contribution in [3.8, 4) is 0 Å². The number of rotatable bonds is 5. The minimum absolute atomic E-state index is 0.00901. The third-order valence-electron chi connectivity index (χ3n) is 3.93. The van der Waals surface area contributed by atoms with E-state index in [2.05, 4.69) is 25.3 Å². The van der Waals surface area contributed by atoms with Crippen LogP contribution >= 0.6 is 23.1 Å². The fraction of sp³-hybridized carbons (Fsp3) is 0.667. The highest BCUT2D eigenvalue weighted by molar-refractivity contribution is 8.00. The summed E-state index contributed by atoms with van der Waals surface area (Å²) >= 11 is 3.55. The number of thioether (sulfide) groups is 1. The molecule has 0 bridgehead atoms. The summed E-state index contributed by atoms with van der Waals surface area (Å²) in [6.45, 7) is 5.00. The van der Waals surface area contributed by atoms with Gasteiger partial charge in [-0.05, 0) is 41.5 Å². The van der Waals surface area contributed by atoms with Gasteiger partial charge in [0.1, 0.15) is 5.25 Å². The SMILES string of the molecule is CC(C)C(N)CCN(C)C(=O)C1SCCc2sccc21. The lowest BCUT2D eigenvalue weighted by atomic mass is 10.0. The molecular weight excluding hydrogens is 288 g/mol. The number of fused-ring (bicyclic) bond motifs is 1. The van der Waals surface area contributed by atoms with Gasteiger partial charge in [-0.15, -0.1) is 23.1 Å². The summed E-state index contributed by atoms with van der Waals surface area (Å²) in [5, 5.41) is 2.09. The molecule has 2 heterocycles. The number of likely N-dealkylation sites (N-methyl/N-ethyl adjacent to an activating group) is 1. The van der Waals surface area contributed by atoms with Crippen LogP contribution in [0.5, 0.6) is 0 Å². The zero-order valence-electron chi connectivity index (χ0n) is 12.5. The van der Waals surface area contributed by atoms with Crippen LogP contribution in [0.15, 0.2) is 11.4 Å². The van der Waals surface area contributed by atoms with Crippen LogP contribution in [0.2, 0.25) is 0 Å². The molecule has 0 aliphatic carbocycles. The lowest BCUT2D eigenvalue weighted by Gasteiger charge is -2.27. The molecule has 5 heteroatoms. The molecule has 2 unspecified atom stereocenters. The van der Waals surface area contributed by atoms with Crippen molar-refractivity contribution in [2.45, 2.75) is 38.0 Å². The van der Waals surface area contributed by atoms with E-state index in [0.717, 1.165) is 25.1 Å². The molecule has 0 spiro atoms. The van der Waals surface area contributed by atoms with Gasteiger partial charge >= 0.3 is 0 Å². The van der Waals surface area contributed by atoms with Crippen LogP contribution in [0.1, 0.15) is 36.0 Å². The number of nitrogens with two attached hydrogens (primary N) is 1. The maximum Gasteiger partial charge on any atom is 0.239 e. The summed E-state index contributed by atoms with van der Waals surface area (Å²) in [7, 11) is 1.90. The number of hydrogen-bond donors (Lipinski definition) is 1. The first-order valence-electron chi connectivity index (χ1n) is 7.19. The lowest BCUT2D eigenvalue weighted by molar-refractivity contribution is -0.129. The van der Waals surface area contributed by atoms with Crippen molar-refractivity contribution in [3.63, 3.8) is 0 Å². The summed E-state index contributed by atoms with van der Waals surface area (Å²) in [6, 6.07) is 2.28. The second kappa shape index (κ2) is 6.96. The third kappa shape index (κ3) is 3.57. The number of hydrogen-bond acceptors (Lipinski definition) is 4. The third-order valence-corrected chi connectivity index (χ3v) is 6.16. The first kappa shape index (κ1) is 15.9. The van der Waals surface area contributed by atoms with Gasteiger partial charge in [0.15, 0.2) is 0 Å². The maximum absolute atomic E-state index is 12.6. The van der Waals surface area contributed by atoms with E-state index in [9.17, 15) is 4.79 Å². The van der Waals surface area contributed by atoms with Gasteiger partial charge in [-0.3, -0.25) is 4.79 Å². The smallest absolute Gasteiger partial charge is 0.239 e. The molecular formula is C15H24N2OS2. The summed E-state index contributed by atoms with van der Waals surface area (Å²) in [4.78, 5) is 15.8. The molecule has 1 aliphatic rings. The Labute approximate surface area is 129 Å². The Hall–Kier alpha value is -0.520. The van der Waals surface area contributed by atoms with Gasteiger partial charge in [-0.2, -0.15) is 0 Å². The van der Waals surface area contributed by atoms with E-state index in [1.165, 1.54) is 10.4 Å². The average molecular weight is 313 g/mol. The standard InChI is InChI=1S/C15H24N2OS2/c1-10(2)12(16)4-7-17(3)15(18)14-11-5-8-19-13(11)6-9-20-14/h5,8,10,12,14H,4,6-7,9,16H2,1-3H3. The summed E-state index contributed by atoms with van der Waals surface area (Å²) in [6.07, 6.45) is 1.97. The van der Waals surface area contributed by atoms with Crippen molar-refractivity contribution in [3.05, 3.63) is 21.9 Å². The number of nitrogens with zero attached hydrogens (tertiary/aromatic N) is 1. The fourth-order valence-corrected chi connectivity index (χ4v) is 4.74. The Balaban J connectivity index is 1.95. The van der Waals surface area contributed by atoms with E-state index in [1.807, 2.05) is 11.9 Å². The molecule has 0 saturated carbocycles. The topological polar surface area (TPSA) is 46.3 Å². The fourth-order valence-electron chi connectivity index (χ4n) is 2.34. The van der Waals surface area contributed by atoms with Crippen LogP contribution in [0.25, 0.3) is 0 Å². The minimum atomic E-state index is -0.00901. The number of carbonyl (C=O) groups excluding carboxylic acids is 1. The predicted octanol–water partition coefficient (Wildman–Crippen LogP) is 2.91. The van der Waals surface area contributed by atoms with E-state index >= 15 is 0 Å². The molecule has 1 aromatic heterocycles. The summed E-state index contributed by atoms with van der Waals surface area (Å²) < 4.78 is 0. The molecule has 1 aromatic rings. The van der Waals surface area contributed by atoms with Gasteiger partial charge in [0, 0.05) is 24.5 Å². The molecule has 0 aromatic carbocycles. The molecule has 3 nitrogen and oxygen atoms in total. The van der Waals surface area contributed by atoms with Crippen LogP contribution in [0.4, 0.5) is 0 Å². The van der Waals surface area contributed by atoms with Crippen molar-refractivity contribution >= 4 is 29.0 Å². The summed E-state index contributed by atoms with van der Waals surface area (Å²) in [5.41, 5.74) is 7.29. The van der Waals surface area contributed by atoms with Crippen LogP contribution in [-0.4, -0.2) is 36.2 Å². The second-order valence-electron chi connectivity index (χ2n) is 5.76. The second-order valence-corrected chi connectivity index (χ2v) is 7.97. The van der Waals surface area contributed by atoms with Crippen LogP contribution in [0, 0.1) is 5.92 Å². The van der Waals surface area contributed by atoms with E-state index < -0.39 is 0 Å². The number of thiophene rings is 1. The lowest BCUT2D eigenvalue weighted by Crippen LogP contribution is -2.37. The zero-order chi connectivity index (χ0) is 14.7. The molecule has 0 fully saturated rings. The Morgan fingerprint density at radius 1 is 1.55 bits per heavy atom. The van der Waals surface area contributed by atoms with E-state index in [0.29, 0.717) is 5.92 Å². The monoisotopic (exact) mass is 312 g/mol. The van der Waals surface area contributed by atoms with Crippen LogP contribution in [-0.2, 0) is 11.2 Å². The Morgan fingerprint density at radius 3 is 3.00 bits per heavy atom. The highest BCUT2D eigenvalue weighted by Crippen LogP contribution is 2.40. The van der Waals surface area contributed by atoms with Crippen molar-refractivity contribution < 1.29 is 4.79 Å². The molecule has 0 saturated heterocycles. The quantitative estimate of drug-likeness (QED) is 0.909. The molecule has 1 amide bonds. The molecule has 112 valence electrons.